The van der Waals surface area contributed by atoms with Crippen molar-refractivity contribution in [3.63, 3.8) is 0 Å². The standard InChI is InChI=1S/C12H18Br2N2O3/c1-4-19-12(18)9-10(13)15-16(11(9)14)5-8(6-17)7(2)3/h7-8,17H,4-6H2,1-3H3. The van der Waals surface area contributed by atoms with Gasteiger partial charge in [-0.15, -0.1) is 0 Å². The van der Waals surface area contributed by atoms with Gasteiger partial charge in [-0.25, -0.2) is 4.79 Å². The van der Waals surface area contributed by atoms with E-state index in [1.807, 2.05) is 13.8 Å². The maximum absolute atomic E-state index is 11.8. The van der Waals surface area contributed by atoms with Gasteiger partial charge >= 0.3 is 5.97 Å². The summed E-state index contributed by atoms with van der Waals surface area (Å²) in [6, 6.07) is 0. The minimum Gasteiger partial charge on any atom is -0.462 e. The summed E-state index contributed by atoms with van der Waals surface area (Å²) >= 11 is 6.63. The summed E-state index contributed by atoms with van der Waals surface area (Å²) in [6.45, 7) is 6.76. The Morgan fingerprint density at radius 1 is 1.47 bits per heavy atom. The van der Waals surface area contributed by atoms with Gasteiger partial charge in [0, 0.05) is 19.1 Å². The van der Waals surface area contributed by atoms with Crippen LogP contribution in [0.15, 0.2) is 9.21 Å². The number of halogens is 2. The molecule has 0 aliphatic carbocycles. The Balaban J connectivity index is 2.99. The van der Waals surface area contributed by atoms with Crippen LogP contribution in [-0.4, -0.2) is 34.1 Å². The number of nitrogens with zero attached hydrogens (tertiary/aromatic N) is 2. The van der Waals surface area contributed by atoms with Gasteiger partial charge in [0.05, 0.1) is 6.61 Å². The number of carbonyl (C=O) groups is 1. The molecule has 0 bridgehead atoms. The van der Waals surface area contributed by atoms with Crippen molar-refractivity contribution in [3.05, 3.63) is 14.8 Å². The molecule has 1 N–H and O–H groups in total. The highest BCUT2D eigenvalue weighted by Gasteiger charge is 2.24. The molecule has 1 aromatic rings. The first-order valence-corrected chi connectivity index (χ1v) is 7.70. The molecule has 0 aromatic carbocycles. The quantitative estimate of drug-likeness (QED) is 0.749. The zero-order chi connectivity index (χ0) is 14.6. The molecule has 0 amide bonds. The topological polar surface area (TPSA) is 64.3 Å². The lowest BCUT2D eigenvalue weighted by atomic mass is 9.97. The molecule has 108 valence electrons. The van der Waals surface area contributed by atoms with E-state index < -0.39 is 5.97 Å². The molecular formula is C12H18Br2N2O3. The SMILES string of the molecule is CCOC(=O)c1c(Br)nn(CC(CO)C(C)C)c1Br. The van der Waals surface area contributed by atoms with E-state index in [2.05, 4.69) is 37.0 Å². The van der Waals surface area contributed by atoms with Crippen molar-refractivity contribution < 1.29 is 14.6 Å². The summed E-state index contributed by atoms with van der Waals surface area (Å²) in [5.74, 6) is -0.0124. The molecule has 0 radical (unpaired) electrons. The zero-order valence-electron chi connectivity index (χ0n) is 11.2. The number of hydrogen-bond acceptors (Lipinski definition) is 4. The van der Waals surface area contributed by atoms with Crippen LogP contribution in [0.3, 0.4) is 0 Å². The molecule has 0 spiro atoms. The molecule has 1 rings (SSSR count). The third-order valence-electron chi connectivity index (χ3n) is 2.91. The van der Waals surface area contributed by atoms with Crippen molar-refractivity contribution in [2.75, 3.05) is 13.2 Å². The maximum atomic E-state index is 11.8. The first kappa shape index (κ1) is 16.7. The fourth-order valence-corrected chi connectivity index (χ4v) is 2.99. The second-order valence-corrected chi connectivity index (χ2v) is 6.05. The lowest BCUT2D eigenvalue weighted by Crippen LogP contribution is -2.21. The lowest BCUT2D eigenvalue weighted by molar-refractivity contribution is 0.0524. The Morgan fingerprint density at radius 3 is 2.58 bits per heavy atom. The van der Waals surface area contributed by atoms with Crippen LogP contribution in [-0.2, 0) is 11.3 Å². The number of ether oxygens (including phenoxy) is 1. The van der Waals surface area contributed by atoms with Crippen LogP contribution in [0.4, 0.5) is 0 Å². The number of carbonyl (C=O) groups excluding carboxylic acids is 1. The van der Waals surface area contributed by atoms with Gasteiger partial charge in [-0.3, -0.25) is 4.68 Å². The lowest BCUT2D eigenvalue weighted by Gasteiger charge is -2.18. The van der Waals surface area contributed by atoms with Gasteiger partial charge in [0.15, 0.2) is 0 Å². The van der Waals surface area contributed by atoms with Crippen LogP contribution in [0.25, 0.3) is 0 Å². The monoisotopic (exact) mass is 396 g/mol. The predicted octanol–water partition coefficient (Wildman–Crippen LogP) is 2.85. The Hall–Kier alpha value is -0.400. The molecular weight excluding hydrogens is 380 g/mol. The van der Waals surface area contributed by atoms with Crippen molar-refractivity contribution in [1.82, 2.24) is 9.78 Å². The largest absolute Gasteiger partial charge is 0.462 e. The van der Waals surface area contributed by atoms with Gasteiger partial charge in [-0.2, -0.15) is 5.10 Å². The highest BCUT2D eigenvalue weighted by molar-refractivity contribution is 9.11. The van der Waals surface area contributed by atoms with Crippen molar-refractivity contribution in [2.45, 2.75) is 27.3 Å². The summed E-state index contributed by atoms with van der Waals surface area (Å²) in [7, 11) is 0. The average Bonchev–Trinajstić information content (AvgIpc) is 2.61. The number of aliphatic hydroxyl groups excluding tert-OH is 1. The van der Waals surface area contributed by atoms with Gasteiger partial charge < -0.3 is 9.84 Å². The third-order valence-corrected chi connectivity index (χ3v) is 4.27. The molecule has 1 atom stereocenters. The van der Waals surface area contributed by atoms with Crippen molar-refractivity contribution >= 4 is 37.8 Å². The number of rotatable bonds is 6. The summed E-state index contributed by atoms with van der Waals surface area (Å²) in [6.07, 6.45) is 0. The summed E-state index contributed by atoms with van der Waals surface area (Å²) in [5.41, 5.74) is 0.377. The maximum Gasteiger partial charge on any atom is 0.343 e. The van der Waals surface area contributed by atoms with Crippen molar-refractivity contribution in [2.24, 2.45) is 11.8 Å². The van der Waals surface area contributed by atoms with Gasteiger partial charge in [-0.1, -0.05) is 13.8 Å². The van der Waals surface area contributed by atoms with E-state index in [1.165, 1.54) is 0 Å². The van der Waals surface area contributed by atoms with Crippen LogP contribution in [0.1, 0.15) is 31.1 Å². The smallest absolute Gasteiger partial charge is 0.343 e. The highest BCUT2D eigenvalue weighted by Crippen LogP contribution is 2.27. The fourth-order valence-electron chi connectivity index (χ4n) is 1.61. The van der Waals surface area contributed by atoms with Crippen LogP contribution >= 0.6 is 31.9 Å². The first-order chi connectivity index (χ1) is 8.92. The van der Waals surface area contributed by atoms with Crippen LogP contribution in [0, 0.1) is 11.8 Å². The van der Waals surface area contributed by atoms with Crippen molar-refractivity contribution in [3.8, 4) is 0 Å². The fraction of sp³-hybridized carbons (Fsp3) is 0.667. The Labute approximate surface area is 129 Å². The van der Waals surface area contributed by atoms with Crippen LogP contribution in [0.2, 0.25) is 0 Å². The molecule has 0 fully saturated rings. The summed E-state index contributed by atoms with van der Waals surface area (Å²) in [4.78, 5) is 11.8. The van der Waals surface area contributed by atoms with E-state index in [-0.39, 0.29) is 12.5 Å². The molecule has 7 heteroatoms. The second kappa shape index (κ2) is 7.40. The summed E-state index contributed by atoms with van der Waals surface area (Å²) < 4.78 is 7.65. The molecule has 1 unspecified atom stereocenters. The third kappa shape index (κ3) is 4.03. The molecule has 1 aromatic heterocycles. The van der Waals surface area contributed by atoms with Gasteiger partial charge in [-0.05, 0) is 44.7 Å². The van der Waals surface area contributed by atoms with E-state index in [1.54, 1.807) is 11.6 Å². The molecule has 1 heterocycles. The number of esters is 1. The second-order valence-electron chi connectivity index (χ2n) is 4.55. The predicted molar refractivity (Wildman–Crippen MR) is 79.0 cm³/mol. The normalized spacial score (nSPS) is 12.8. The molecule has 0 aliphatic rings. The Bertz CT molecular complexity index is 446. The van der Waals surface area contributed by atoms with Crippen molar-refractivity contribution in [1.29, 1.82) is 0 Å². The van der Waals surface area contributed by atoms with Crippen LogP contribution in [0.5, 0.6) is 0 Å². The van der Waals surface area contributed by atoms with E-state index in [0.29, 0.717) is 33.8 Å². The average molecular weight is 398 g/mol. The minimum atomic E-state index is -0.419. The Morgan fingerprint density at radius 2 is 2.11 bits per heavy atom. The molecule has 0 saturated heterocycles. The highest BCUT2D eigenvalue weighted by atomic mass is 79.9. The van der Waals surface area contributed by atoms with E-state index >= 15 is 0 Å². The minimum absolute atomic E-state index is 0.0797. The number of aliphatic hydroxyl groups is 1. The number of aromatic nitrogens is 2. The molecule has 5 nitrogen and oxygen atoms in total. The molecule has 0 aliphatic heterocycles. The number of hydrogen-bond donors (Lipinski definition) is 1. The van der Waals surface area contributed by atoms with Gasteiger partial charge in [0.2, 0.25) is 0 Å². The van der Waals surface area contributed by atoms with E-state index in [0.717, 1.165) is 0 Å². The van der Waals surface area contributed by atoms with Crippen LogP contribution < -0.4 is 0 Å². The Kier molecular flexibility index (Phi) is 6.49. The van der Waals surface area contributed by atoms with E-state index in [9.17, 15) is 9.90 Å². The molecule has 0 saturated carbocycles. The first-order valence-electron chi connectivity index (χ1n) is 6.12. The van der Waals surface area contributed by atoms with Gasteiger partial charge in [0.25, 0.3) is 0 Å². The summed E-state index contributed by atoms with van der Waals surface area (Å²) in [5, 5.41) is 13.6. The molecule has 19 heavy (non-hydrogen) atoms. The zero-order valence-corrected chi connectivity index (χ0v) is 14.4. The van der Waals surface area contributed by atoms with Gasteiger partial charge in [0.1, 0.15) is 14.8 Å². The van der Waals surface area contributed by atoms with E-state index in [4.69, 9.17) is 4.74 Å².